The molecule has 4 rings (SSSR count). The number of ether oxygens (including phenoxy) is 2. The fourth-order valence-corrected chi connectivity index (χ4v) is 4.31. The number of benzene rings is 2. The van der Waals surface area contributed by atoms with Gasteiger partial charge in [-0.2, -0.15) is 0 Å². The zero-order valence-electron chi connectivity index (χ0n) is 20.8. The number of nitrogens with one attached hydrogen (secondary N) is 1. The maximum Gasteiger partial charge on any atom is 0.225 e. The number of anilines is 1. The van der Waals surface area contributed by atoms with Crippen LogP contribution in [0.5, 0.6) is 11.5 Å². The number of hydrogen-bond acceptors (Lipinski definition) is 6. The van der Waals surface area contributed by atoms with E-state index in [0.29, 0.717) is 32.1 Å². The maximum atomic E-state index is 13.0. The zero-order valence-corrected chi connectivity index (χ0v) is 20.8. The Kier molecular flexibility index (Phi) is 8.19. The second kappa shape index (κ2) is 11.7. The van der Waals surface area contributed by atoms with Crippen molar-refractivity contribution in [3.05, 3.63) is 65.7 Å². The molecule has 35 heavy (non-hydrogen) atoms. The van der Waals surface area contributed by atoms with Crippen molar-refractivity contribution in [1.29, 1.82) is 0 Å². The van der Waals surface area contributed by atoms with Crippen LogP contribution < -0.4 is 19.7 Å². The number of nitrogens with zero attached hydrogens (tertiary/aromatic N) is 3. The Balaban J connectivity index is 1.35. The van der Waals surface area contributed by atoms with Gasteiger partial charge in [0, 0.05) is 25.2 Å². The molecule has 1 amide bonds. The van der Waals surface area contributed by atoms with Crippen LogP contribution in [0.2, 0.25) is 0 Å². The number of carbonyl (C=O) groups excluding carboxylic acids is 1. The third-order valence-electron chi connectivity index (χ3n) is 6.19. The third kappa shape index (κ3) is 6.29. The van der Waals surface area contributed by atoms with E-state index in [0.717, 1.165) is 47.8 Å². The van der Waals surface area contributed by atoms with Crippen LogP contribution in [0.1, 0.15) is 37.8 Å². The summed E-state index contributed by atoms with van der Waals surface area (Å²) in [7, 11) is 0. The van der Waals surface area contributed by atoms with E-state index in [2.05, 4.69) is 51.6 Å². The molecule has 0 radical (unpaired) electrons. The minimum absolute atomic E-state index is 0.0609. The highest BCUT2D eigenvalue weighted by Gasteiger charge is 2.26. The topological polar surface area (TPSA) is 76.6 Å². The molecule has 3 aromatic rings. The van der Waals surface area contributed by atoms with Crippen molar-refractivity contribution in [3.8, 4) is 22.8 Å². The van der Waals surface area contributed by atoms with E-state index in [1.54, 1.807) is 0 Å². The molecule has 0 bridgehead atoms. The Hall–Kier alpha value is -3.61. The van der Waals surface area contributed by atoms with E-state index in [1.807, 2.05) is 44.2 Å². The standard InChI is InChI=1S/C28H34N4O3/c1-4-34-25-14-10-21(17-26(25)35-5-2)18-29-28(33)23-7-6-16-32(19-23)27-15-13-24(30-31-27)22-11-8-20(3)9-12-22/h8-15,17,23H,4-7,16,18-19H2,1-3H3,(H,29,33). The first kappa shape index (κ1) is 24.5. The summed E-state index contributed by atoms with van der Waals surface area (Å²) in [5, 5.41) is 12.0. The van der Waals surface area contributed by atoms with Crippen LogP contribution in [0, 0.1) is 12.8 Å². The Labute approximate surface area is 207 Å². The van der Waals surface area contributed by atoms with E-state index < -0.39 is 0 Å². The van der Waals surface area contributed by atoms with Gasteiger partial charge in [0.15, 0.2) is 17.3 Å². The van der Waals surface area contributed by atoms with Gasteiger partial charge in [-0.25, -0.2) is 0 Å². The molecule has 1 saturated heterocycles. The van der Waals surface area contributed by atoms with Crippen LogP contribution in [0.4, 0.5) is 5.82 Å². The third-order valence-corrected chi connectivity index (χ3v) is 6.19. The van der Waals surface area contributed by atoms with Crippen LogP contribution in [-0.4, -0.2) is 42.4 Å². The molecule has 2 aromatic carbocycles. The monoisotopic (exact) mass is 474 g/mol. The summed E-state index contributed by atoms with van der Waals surface area (Å²) >= 11 is 0. The van der Waals surface area contributed by atoms with E-state index >= 15 is 0 Å². The molecule has 1 unspecified atom stereocenters. The number of aryl methyl sites for hydroxylation is 1. The molecular weight excluding hydrogens is 440 g/mol. The van der Waals surface area contributed by atoms with Gasteiger partial charge in [-0.05, 0) is 63.4 Å². The minimum Gasteiger partial charge on any atom is -0.490 e. The van der Waals surface area contributed by atoms with Crippen LogP contribution in [0.25, 0.3) is 11.3 Å². The average Bonchev–Trinajstić information content (AvgIpc) is 2.89. The number of hydrogen-bond donors (Lipinski definition) is 1. The van der Waals surface area contributed by atoms with Crippen LogP contribution >= 0.6 is 0 Å². The van der Waals surface area contributed by atoms with E-state index in [-0.39, 0.29) is 11.8 Å². The molecule has 0 spiro atoms. The summed E-state index contributed by atoms with van der Waals surface area (Å²) in [6.07, 6.45) is 1.81. The van der Waals surface area contributed by atoms with Crippen molar-refractivity contribution in [2.45, 2.75) is 40.2 Å². The van der Waals surface area contributed by atoms with Crippen molar-refractivity contribution in [3.63, 3.8) is 0 Å². The first-order valence-corrected chi connectivity index (χ1v) is 12.4. The van der Waals surface area contributed by atoms with Gasteiger partial charge in [-0.1, -0.05) is 35.9 Å². The van der Waals surface area contributed by atoms with Crippen molar-refractivity contribution in [2.75, 3.05) is 31.2 Å². The summed E-state index contributed by atoms with van der Waals surface area (Å²) in [5.41, 5.74) is 4.10. The fraction of sp³-hybridized carbons (Fsp3) is 0.393. The van der Waals surface area contributed by atoms with Crippen molar-refractivity contribution in [1.82, 2.24) is 15.5 Å². The van der Waals surface area contributed by atoms with Gasteiger partial charge in [-0.15, -0.1) is 10.2 Å². The van der Waals surface area contributed by atoms with Crippen LogP contribution in [0.3, 0.4) is 0 Å². The zero-order chi connectivity index (χ0) is 24.6. The Morgan fingerprint density at radius 3 is 2.49 bits per heavy atom. The van der Waals surface area contributed by atoms with Crippen molar-refractivity contribution >= 4 is 11.7 Å². The lowest BCUT2D eigenvalue weighted by atomic mass is 9.97. The largest absolute Gasteiger partial charge is 0.490 e. The summed E-state index contributed by atoms with van der Waals surface area (Å²) in [5.74, 6) is 2.22. The molecule has 1 aromatic heterocycles. The second-order valence-electron chi connectivity index (χ2n) is 8.79. The van der Waals surface area contributed by atoms with Gasteiger partial charge < -0.3 is 19.7 Å². The van der Waals surface area contributed by atoms with Gasteiger partial charge in [0.1, 0.15) is 0 Å². The Bertz CT molecular complexity index is 1120. The predicted octanol–water partition coefficient (Wildman–Crippen LogP) is 4.78. The maximum absolute atomic E-state index is 13.0. The van der Waals surface area contributed by atoms with Crippen LogP contribution in [-0.2, 0) is 11.3 Å². The number of carbonyl (C=O) groups is 1. The first-order valence-electron chi connectivity index (χ1n) is 12.4. The summed E-state index contributed by atoms with van der Waals surface area (Å²) in [4.78, 5) is 15.1. The van der Waals surface area contributed by atoms with Crippen molar-refractivity contribution < 1.29 is 14.3 Å². The lowest BCUT2D eigenvalue weighted by Crippen LogP contribution is -2.43. The molecule has 7 nitrogen and oxygen atoms in total. The lowest BCUT2D eigenvalue weighted by molar-refractivity contribution is -0.125. The second-order valence-corrected chi connectivity index (χ2v) is 8.79. The van der Waals surface area contributed by atoms with Gasteiger partial charge in [0.2, 0.25) is 5.91 Å². The lowest BCUT2D eigenvalue weighted by Gasteiger charge is -2.32. The number of amides is 1. The summed E-state index contributed by atoms with van der Waals surface area (Å²) in [6, 6.07) is 18.1. The predicted molar refractivity (Wildman–Crippen MR) is 138 cm³/mol. The molecule has 1 N–H and O–H groups in total. The molecular formula is C28H34N4O3. The quantitative estimate of drug-likeness (QED) is 0.481. The molecule has 0 saturated carbocycles. The molecule has 1 atom stereocenters. The molecule has 0 aliphatic carbocycles. The molecule has 7 heteroatoms. The highest BCUT2D eigenvalue weighted by molar-refractivity contribution is 5.79. The summed E-state index contributed by atoms with van der Waals surface area (Å²) < 4.78 is 11.3. The Morgan fingerprint density at radius 1 is 1.00 bits per heavy atom. The average molecular weight is 475 g/mol. The van der Waals surface area contributed by atoms with Crippen molar-refractivity contribution in [2.24, 2.45) is 5.92 Å². The van der Waals surface area contributed by atoms with Gasteiger partial charge in [0.25, 0.3) is 0 Å². The van der Waals surface area contributed by atoms with Gasteiger partial charge in [0.05, 0.1) is 24.8 Å². The number of piperidine rings is 1. The molecule has 2 heterocycles. The molecule has 1 aliphatic rings. The normalized spacial score (nSPS) is 15.5. The number of rotatable bonds is 9. The minimum atomic E-state index is -0.0867. The van der Waals surface area contributed by atoms with E-state index in [9.17, 15) is 4.79 Å². The Morgan fingerprint density at radius 2 is 1.77 bits per heavy atom. The molecule has 184 valence electrons. The van der Waals surface area contributed by atoms with Crippen LogP contribution in [0.15, 0.2) is 54.6 Å². The molecule has 1 fully saturated rings. The number of aromatic nitrogens is 2. The first-order chi connectivity index (χ1) is 17.1. The van der Waals surface area contributed by atoms with E-state index in [1.165, 1.54) is 5.56 Å². The van der Waals surface area contributed by atoms with Gasteiger partial charge in [-0.3, -0.25) is 4.79 Å². The summed E-state index contributed by atoms with van der Waals surface area (Å²) in [6.45, 7) is 9.05. The highest BCUT2D eigenvalue weighted by Crippen LogP contribution is 2.29. The SMILES string of the molecule is CCOc1ccc(CNC(=O)C2CCCN(c3ccc(-c4ccc(C)cc4)nn3)C2)cc1OCC. The fourth-order valence-electron chi connectivity index (χ4n) is 4.31. The van der Waals surface area contributed by atoms with E-state index in [4.69, 9.17) is 9.47 Å². The highest BCUT2D eigenvalue weighted by atomic mass is 16.5. The smallest absolute Gasteiger partial charge is 0.225 e. The van der Waals surface area contributed by atoms with Gasteiger partial charge >= 0.3 is 0 Å². The molecule has 1 aliphatic heterocycles.